The lowest BCUT2D eigenvalue weighted by molar-refractivity contribution is -0.116. The zero-order valence-electron chi connectivity index (χ0n) is 14.3. The Morgan fingerprint density at radius 2 is 1.80 bits per heavy atom. The van der Waals surface area contributed by atoms with Gasteiger partial charge in [0, 0.05) is 12.2 Å². The molecule has 0 aliphatic carbocycles. The van der Waals surface area contributed by atoms with Gasteiger partial charge in [0.05, 0.1) is 5.52 Å². The molecule has 0 fully saturated rings. The second kappa shape index (κ2) is 6.68. The van der Waals surface area contributed by atoms with Gasteiger partial charge in [-0.1, -0.05) is 6.07 Å². The number of anilines is 1. The van der Waals surface area contributed by atoms with Crippen LogP contribution in [0.5, 0.6) is 0 Å². The molecule has 0 radical (unpaired) electrons. The quantitative estimate of drug-likeness (QED) is 0.780. The molecule has 25 heavy (non-hydrogen) atoms. The first-order chi connectivity index (χ1) is 11.9. The molecule has 7 heteroatoms. The van der Waals surface area contributed by atoms with E-state index >= 15 is 0 Å². The van der Waals surface area contributed by atoms with E-state index in [1.807, 2.05) is 32.0 Å². The molecule has 0 saturated heterocycles. The smallest absolute Gasteiger partial charge is 0.325 e. The van der Waals surface area contributed by atoms with E-state index in [0.717, 1.165) is 15.7 Å². The Morgan fingerprint density at radius 3 is 2.44 bits per heavy atom. The van der Waals surface area contributed by atoms with E-state index in [9.17, 15) is 14.4 Å². The topological polar surface area (TPSA) is 73.1 Å². The molecule has 3 rings (SSSR count). The first-order valence-corrected chi connectivity index (χ1v) is 8.87. The Hall–Kier alpha value is -2.67. The number of fused-ring (bicyclic) bond motifs is 1. The van der Waals surface area contributed by atoms with Gasteiger partial charge >= 0.3 is 5.69 Å². The Morgan fingerprint density at radius 1 is 1.12 bits per heavy atom. The molecular weight excluding hydrogens is 338 g/mol. The van der Waals surface area contributed by atoms with Crippen LogP contribution in [0.4, 0.5) is 5.69 Å². The highest BCUT2D eigenvalue weighted by molar-refractivity contribution is 7.17. The highest BCUT2D eigenvalue weighted by atomic mass is 32.1. The average molecular weight is 357 g/mol. The third-order valence-electron chi connectivity index (χ3n) is 3.96. The summed E-state index contributed by atoms with van der Waals surface area (Å²) in [6.45, 7) is 5.78. The minimum absolute atomic E-state index is 0.140. The van der Waals surface area contributed by atoms with E-state index < -0.39 is 5.69 Å². The summed E-state index contributed by atoms with van der Waals surface area (Å²) in [7, 11) is 0. The maximum atomic E-state index is 12.6. The number of carbonyl (C=O) groups is 1. The molecule has 0 aliphatic heterocycles. The van der Waals surface area contributed by atoms with E-state index in [1.54, 1.807) is 18.4 Å². The number of benzene rings is 1. The number of nitrogens with zero attached hydrogens (tertiary/aromatic N) is 2. The third-order valence-corrected chi connectivity index (χ3v) is 4.85. The van der Waals surface area contributed by atoms with Crippen molar-refractivity contribution in [1.29, 1.82) is 0 Å². The monoisotopic (exact) mass is 357 g/mol. The fourth-order valence-electron chi connectivity index (χ4n) is 2.96. The Labute approximate surface area is 148 Å². The van der Waals surface area contributed by atoms with Crippen LogP contribution in [0.3, 0.4) is 0 Å². The van der Waals surface area contributed by atoms with Gasteiger partial charge in [-0.2, -0.15) is 0 Å². The first kappa shape index (κ1) is 17.2. The Balaban J connectivity index is 1.97. The van der Waals surface area contributed by atoms with Crippen LogP contribution in [0.1, 0.15) is 18.1 Å². The number of hydrogen-bond acceptors (Lipinski definition) is 4. The van der Waals surface area contributed by atoms with Crippen molar-refractivity contribution < 1.29 is 4.79 Å². The highest BCUT2D eigenvalue weighted by Gasteiger charge is 2.15. The molecule has 0 aliphatic rings. The summed E-state index contributed by atoms with van der Waals surface area (Å²) in [5.41, 5.74) is 2.53. The Kier molecular flexibility index (Phi) is 4.59. The zero-order chi connectivity index (χ0) is 18.1. The molecule has 0 unspecified atom stereocenters. The van der Waals surface area contributed by atoms with Crippen molar-refractivity contribution in [2.45, 2.75) is 33.9 Å². The van der Waals surface area contributed by atoms with E-state index in [0.29, 0.717) is 15.9 Å². The molecule has 2 aromatic heterocycles. The molecule has 6 nitrogen and oxygen atoms in total. The lowest BCUT2D eigenvalue weighted by atomic mass is 10.1. The van der Waals surface area contributed by atoms with Gasteiger partial charge in [-0.15, -0.1) is 11.3 Å². The fraction of sp³-hybridized carbons (Fsp3) is 0.278. The van der Waals surface area contributed by atoms with Crippen LogP contribution < -0.4 is 16.6 Å². The summed E-state index contributed by atoms with van der Waals surface area (Å²) in [6.07, 6.45) is 0. The van der Waals surface area contributed by atoms with Gasteiger partial charge in [-0.05, 0) is 55.5 Å². The van der Waals surface area contributed by atoms with Crippen LogP contribution in [0, 0.1) is 13.8 Å². The summed E-state index contributed by atoms with van der Waals surface area (Å²) in [5.74, 6) is -0.305. The number of hydrogen-bond donors (Lipinski definition) is 1. The maximum absolute atomic E-state index is 12.6. The van der Waals surface area contributed by atoms with E-state index in [2.05, 4.69) is 5.32 Å². The summed E-state index contributed by atoms with van der Waals surface area (Å²) >= 11 is 1.28. The normalized spacial score (nSPS) is 11.0. The number of thiophene rings is 1. The van der Waals surface area contributed by atoms with Gasteiger partial charge in [0.25, 0.3) is 5.56 Å². The molecule has 1 N–H and O–H groups in total. The molecule has 0 bridgehead atoms. The predicted octanol–water partition coefficient (Wildman–Crippen LogP) is 2.50. The number of aromatic nitrogens is 2. The molecule has 130 valence electrons. The minimum atomic E-state index is -0.464. The molecular formula is C18H19N3O3S. The average Bonchev–Trinajstić information content (AvgIpc) is 3.00. The molecule has 3 aromatic rings. The summed E-state index contributed by atoms with van der Waals surface area (Å²) < 4.78 is 3.00. The van der Waals surface area contributed by atoms with Crippen molar-refractivity contribution in [3.63, 3.8) is 0 Å². The van der Waals surface area contributed by atoms with Crippen molar-refractivity contribution >= 4 is 33.1 Å². The van der Waals surface area contributed by atoms with E-state index in [1.165, 1.54) is 15.9 Å². The molecule has 2 heterocycles. The van der Waals surface area contributed by atoms with Crippen molar-refractivity contribution in [2.24, 2.45) is 0 Å². The second-order valence-corrected chi connectivity index (χ2v) is 6.89. The maximum Gasteiger partial charge on any atom is 0.331 e. The lowest BCUT2D eigenvalue weighted by Gasteiger charge is -2.12. The van der Waals surface area contributed by atoms with Gasteiger partial charge in [0.15, 0.2) is 0 Å². The first-order valence-electron chi connectivity index (χ1n) is 7.99. The minimum Gasteiger partial charge on any atom is -0.325 e. The summed E-state index contributed by atoms with van der Waals surface area (Å²) in [6, 6.07) is 7.47. The molecule has 1 amide bonds. The number of amides is 1. The molecule has 0 spiro atoms. The van der Waals surface area contributed by atoms with Crippen LogP contribution in [0.15, 0.2) is 39.2 Å². The lowest BCUT2D eigenvalue weighted by Crippen LogP contribution is -2.40. The molecule has 0 atom stereocenters. The molecule has 0 saturated carbocycles. The van der Waals surface area contributed by atoms with E-state index in [-0.39, 0.29) is 24.6 Å². The van der Waals surface area contributed by atoms with Gasteiger partial charge in [0.2, 0.25) is 5.91 Å². The zero-order valence-corrected chi connectivity index (χ0v) is 15.1. The third kappa shape index (κ3) is 3.28. The molecule has 1 aromatic carbocycles. The number of carbonyl (C=O) groups excluding carboxylic acids is 1. The van der Waals surface area contributed by atoms with Crippen LogP contribution >= 0.6 is 11.3 Å². The predicted molar refractivity (Wildman–Crippen MR) is 101 cm³/mol. The standard InChI is InChI=1S/C18H19N3O3S/c1-4-20-17(23)16-14(5-6-25-16)21(18(20)24)10-15(22)19-13-8-11(2)7-12(3)9-13/h5-9H,4,10H2,1-3H3,(H,19,22). The number of aryl methyl sites for hydroxylation is 2. The van der Waals surface area contributed by atoms with Crippen molar-refractivity contribution in [2.75, 3.05) is 5.32 Å². The fourth-order valence-corrected chi connectivity index (χ4v) is 3.80. The van der Waals surface area contributed by atoms with Crippen LogP contribution in [-0.4, -0.2) is 15.0 Å². The van der Waals surface area contributed by atoms with Crippen molar-refractivity contribution in [1.82, 2.24) is 9.13 Å². The largest absolute Gasteiger partial charge is 0.331 e. The van der Waals surface area contributed by atoms with Crippen LogP contribution in [0.2, 0.25) is 0 Å². The SMILES string of the molecule is CCn1c(=O)c2sccc2n(CC(=O)Nc2cc(C)cc(C)c2)c1=O. The number of rotatable bonds is 4. The van der Waals surface area contributed by atoms with Gasteiger partial charge in [0.1, 0.15) is 11.2 Å². The Bertz CT molecular complexity index is 1060. The number of nitrogens with one attached hydrogen (secondary N) is 1. The van der Waals surface area contributed by atoms with Crippen molar-refractivity contribution in [3.05, 3.63) is 61.6 Å². The van der Waals surface area contributed by atoms with Crippen LogP contribution in [-0.2, 0) is 17.9 Å². The van der Waals surface area contributed by atoms with Crippen LogP contribution in [0.25, 0.3) is 10.2 Å². The van der Waals surface area contributed by atoms with E-state index in [4.69, 9.17) is 0 Å². The van der Waals surface area contributed by atoms with Gasteiger partial charge in [-0.3, -0.25) is 18.7 Å². The van der Waals surface area contributed by atoms with Gasteiger partial charge < -0.3 is 5.32 Å². The summed E-state index contributed by atoms with van der Waals surface area (Å²) in [5, 5.41) is 4.58. The van der Waals surface area contributed by atoms with Gasteiger partial charge in [-0.25, -0.2) is 4.79 Å². The van der Waals surface area contributed by atoms with Crippen molar-refractivity contribution in [3.8, 4) is 0 Å². The highest BCUT2D eigenvalue weighted by Crippen LogP contribution is 2.16. The summed E-state index contributed by atoms with van der Waals surface area (Å²) in [4.78, 5) is 37.3. The second-order valence-electron chi connectivity index (χ2n) is 5.98.